The van der Waals surface area contributed by atoms with E-state index in [2.05, 4.69) is 10.6 Å². The lowest BCUT2D eigenvalue weighted by molar-refractivity contribution is -0.156. The van der Waals surface area contributed by atoms with Crippen LogP contribution in [0.4, 0.5) is 8.78 Å². The van der Waals surface area contributed by atoms with E-state index in [9.17, 15) is 28.0 Å². The molecule has 2 heterocycles. The number of nitrogens with one attached hydrogen (secondary N) is 2. The van der Waals surface area contributed by atoms with Gasteiger partial charge in [-0.3, -0.25) is 24.5 Å². The zero-order valence-corrected chi connectivity index (χ0v) is 18.5. The van der Waals surface area contributed by atoms with Crippen LogP contribution in [0.15, 0.2) is 18.2 Å². The fourth-order valence-corrected chi connectivity index (χ4v) is 4.89. The van der Waals surface area contributed by atoms with Gasteiger partial charge in [-0.25, -0.2) is 0 Å². The van der Waals surface area contributed by atoms with E-state index in [4.69, 9.17) is 7.85 Å². The Labute approximate surface area is 192 Å². The van der Waals surface area contributed by atoms with Crippen molar-refractivity contribution in [3.8, 4) is 0 Å². The van der Waals surface area contributed by atoms with Crippen molar-refractivity contribution in [2.45, 2.75) is 69.9 Å². The first-order valence-corrected chi connectivity index (χ1v) is 11.3. The van der Waals surface area contributed by atoms with Crippen LogP contribution in [0.2, 0.25) is 0 Å². The van der Waals surface area contributed by atoms with Gasteiger partial charge in [0.25, 0.3) is 11.8 Å². The minimum Gasteiger partial charge on any atom is -0.347 e. The fourth-order valence-electron chi connectivity index (χ4n) is 4.89. The molecule has 7 nitrogen and oxygen atoms in total. The van der Waals surface area contributed by atoms with Crippen LogP contribution in [-0.2, 0) is 27.5 Å². The topological polar surface area (TPSA) is 95.6 Å². The van der Waals surface area contributed by atoms with E-state index in [0.717, 1.165) is 0 Å². The largest absolute Gasteiger partial charge is 0.347 e. The van der Waals surface area contributed by atoms with E-state index in [1.54, 1.807) is 12.1 Å². The summed E-state index contributed by atoms with van der Waals surface area (Å²) in [6, 6.07) is 4.76. The summed E-state index contributed by atoms with van der Waals surface area (Å²) >= 11 is 0. The number of carbonyl (C=O) groups is 4. The first kappa shape index (κ1) is 23.4. The second-order valence-electron chi connectivity index (χ2n) is 9.45. The summed E-state index contributed by atoms with van der Waals surface area (Å²) in [5.41, 5.74) is -0.160. The van der Waals surface area contributed by atoms with Crippen molar-refractivity contribution >= 4 is 31.5 Å². The van der Waals surface area contributed by atoms with Gasteiger partial charge in [-0.2, -0.15) is 8.78 Å². The number of imide groups is 1. The fraction of sp³-hybridized carbons (Fsp3) is 0.565. The van der Waals surface area contributed by atoms with Crippen LogP contribution in [0.5, 0.6) is 0 Å². The van der Waals surface area contributed by atoms with Crippen LogP contribution in [0.25, 0.3) is 0 Å². The number of halogens is 2. The maximum Gasteiger partial charge on any atom is 0.327 e. The SMILES string of the molecule is [B][C@]1(N2Cc3cc(CNC(=O)C(F)(F)C4CCC(C)CC4)ccc3C2=O)CCC(=O)NC1=O. The van der Waals surface area contributed by atoms with Crippen LogP contribution in [0, 0.1) is 11.8 Å². The van der Waals surface area contributed by atoms with E-state index in [0.29, 0.717) is 48.3 Å². The van der Waals surface area contributed by atoms with Crippen LogP contribution in [-0.4, -0.2) is 47.7 Å². The minimum atomic E-state index is -3.43. The Bertz CT molecular complexity index is 1010. The number of benzene rings is 1. The Morgan fingerprint density at radius 3 is 2.61 bits per heavy atom. The lowest BCUT2D eigenvalue weighted by atomic mass is 9.70. The molecule has 174 valence electrons. The molecule has 0 unspecified atom stereocenters. The Morgan fingerprint density at radius 2 is 1.94 bits per heavy atom. The van der Waals surface area contributed by atoms with E-state index >= 15 is 0 Å². The Morgan fingerprint density at radius 1 is 1.24 bits per heavy atom. The van der Waals surface area contributed by atoms with Crippen LogP contribution < -0.4 is 10.6 Å². The molecule has 2 radical (unpaired) electrons. The van der Waals surface area contributed by atoms with Gasteiger partial charge in [-0.05, 0) is 42.4 Å². The molecule has 1 atom stereocenters. The third-order valence-electron chi connectivity index (χ3n) is 7.12. The normalized spacial score (nSPS) is 27.8. The second-order valence-corrected chi connectivity index (χ2v) is 9.45. The lowest BCUT2D eigenvalue weighted by Gasteiger charge is -2.40. The molecule has 2 fully saturated rings. The van der Waals surface area contributed by atoms with E-state index in [-0.39, 0.29) is 25.9 Å². The highest BCUT2D eigenvalue weighted by molar-refractivity contribution is 6.32. The molecule has 1 saturated carbocycles. The first-order valence-electron chi connectivity index (χ1n) is 11.3. The Kier molecular flexibility index (Phi) is 6.05. The zero-order chi connectivity index (χ0) is 24.0. The van der Waals surface area contributed by atoms with Gasteiger partial charge in [-0.15, -0.1) is 0 Å². The van der Waals surface area contributed by atoms with Crippen molar-refractivity contribution in [1.82, 2.24) is 15.5 Å². The molecule has 0 spiro atoms. The summed E-state index contributed by atoms with van der Waals surface area (Å²) in [5.74, 6) is -6.87. The molecule has 33 heavy (non-hydrogen) atoms. The average molecular weight is 457 g/mol. The predicted molar refractivity (Wildman–Crippen MR) is 115 cm³/mol. The van der Waals surface area contributed by atoms with Crippen molar-refractivity contribution in [2.24, 2.45) is 11.8 Å². The number of fused-ring (bicyclic) bond motifs is 1. The van der Waals surface area contributed by atoms with Gasteiger partial charge in [0.2, 0.25) is 11.8 Å². The minimum absolute atomic E-state index is 0.00926. The van der Waals surface area contributed by atoms with Crippen molar-refractivity contribution < 1.29 is 28.0 Å². The van der Waals surface area contributed by atoms with E-state index in [1.807, 2.05) is 6.92 Å². The Hall–Kier alpha value is -2.78. The maximum atomic E-state index is 14.6. The quantitative estimate of drug-likeness (QED) is 0.523. The second kappa shape index (κ2) is 8.54. The highest BCUT2D eigenvalue weighted by atomic mass is 19.3. The monoisotopic (exact) mass is 457 g/mol. The van der Waals surface area contributed by atoms with Gasteiger partial charge in [0, 0.05) is 31.0 Å². The van der Waals surface area contributed by atoms with Crippen molar-refractivity contribution in [1.29, 1.82) is 0 Å². The van der Waals surface area contributed by atoms with Gasteiger partial charge < -0.3 is 10.2 Å². The van der Waals surface area contributed by atoms with Crippen LogP contribution in [0.1, 0.15) is 66.9 Å². The number of hydrogen-bond acceptors (Lipinski definition) is 4. The molecular formula is C23H26BF2N3O4. The van der Waals surface area contributed by atoms with Gasteiger partial charge in [-0.1, -0.05) is 31.9 Å². The highest BCUT2D eigenvalue weighted by Gasteiger charge is 2.49. The number of amides is 4. The smallest absolute Gasteiger partial charge is 0.327 e. The molecule has 3 aliphatic rings. The number of carbonyl (C=O) groups excluding carboxylic acids is 4. The molecule has 0 bridgehead atoms. The number of piperidine rings is 1. The molecular weight excluding hydrogens is 431 g/mol. The molecule has 1 aromatic carbocycles. The molecule has 2 N–H and O–H groups in total. The highest BCUT2D eigenvalue weighted by Crippen LogP contribution is 2.39. The zero-order valence-electron chi connectivity index (χ0n) is 18.5. The van der Waals surface area contributed by atoms with E-state index in [1.165, 1.54) is 11.0 Å². The average Bonchev–Trinajstić information content (AvgIpc) is 3.11. The molecule has 2 aliphatic heterocycles. The van der Waals surface area contributed by atoms with Gasteiger partial charge in [0.05, 0.1) is 5.44 Å². The summed E-state index contributed by atoms with van der Waals surface area (Å²) < 4.78 is 29.3. The summed E-state index contributed by atoms with van der Waals surface area (Å²) in [7, 11) is 6.20. The Balaban J connectivity index is 1.41. The van der Waals surface area contributed by atoms with Crippen molar-refractivity contribution in [3.05, 3.63) is 34.9 Å². The van der Waals surface area contributed by atoms with Gasteiger partial charge in [0.15, 0.2) is 0 Å². The predicted octanol–water partition coefficient (Wildman–Crippen LogP) is 2.02. The third kappa shape index (κ3) is 4.27. The van der Waals surface area contributed by atoms with Crippen molar-refractivity contribution in [3.63, 3.8) is 0 Å². The molecule has 1 saturated heterocycles. The standard InChI is InChI=1S/C23H26BF2N3O4/c1-13-2-5-16(6-3-13)23(25,26)21(33)27-11-14-4-7-17-15(10-14)12-29(19(17)31)22(24)9-8-18(30)28-20(22)32/h4,7,10,13,16H,2-3,5-6,8-9,11-12H2,1H3,(H,27,33)(H,28,30,32)/t13?,16?,22-/m0/s1. The molecule has 10 heteroatoms. The summed E-state index contributed by atoms with van der Waals surface area (Å²) in [6.45, 7) is 1.97. The number of rotatable bonds is 5. The van der Waals surface area contributed by atoms with Crippen molar-refractivity contribution in [2.75, 3.05) is 0 Å². The molecule has 4 rings (SSSR count). The number of hydrogen-bond donors (Lipinski definition) is 2. The summed E-state index contributed by atoms with van der Waals surface area (Å²) in [5, 5.41) is 4.50. The first-order chi connectivity index (χ1) is 15.5. The molecule has 1 aliphatic carbocycles. The van der Waals surface area contributed by atoms with E-state index < -0.39 is 40.9 Å². The molecule has 0 aromatic heterocycles. The van der Waals surface area contributed by atoms with Gasteiger partial charge in [0.1, 0.15) is 7.85 Å². The number of alkyl halides is 2. The summed E-state index contributed by atoms with van der Waals surface area (Å²) in [4.78, 5) is 50.1. The van der Waals surface area contributed by atoms with Crippen LogP contribution >= 0.6 is 0 Å². The van der Waals surface area contributed by atoms with Gasteiger partial charge >= 0.3 is 5.92 Å². The third-order valence-corrected chi connectivity index (χ3v) is 7.12. The number of nitrogens with zero attached hydrogens (tertiary/aromatic N) is 1. The van der Waals surface area contributed by atoms with Crippen LogP contribution in [0.3, 0.4) is 0 Å². The lowest BCUT2D eigenvalue weighted by Crippen LogP contribution is -2.63. The molecule has 4 amide bonds. The summed E-state index contributed by atoms with van der Waals surface area (Å²) in [6.07, 6.45) is 2.08. The molecule has 1 aromatic rings. The maximum absolute atomic E-state index is 14.6.